The van der Waals surface area contributed by atoms with E-state index in [4.69, 9.17) is 4.74 Å². The van der Waals surface area contributed by atoms with Gasteiger partial charge in [0.05, 0.1) is 12.7 Å². The lowest BCUT2D eigenvalue weighted by Gasteiger charge is -2.49. The molecule has 1 fully saturated rings. The topological polar surface area (TPSA) is 83.8 Å². The Hall–Kier alpha value is -1.88. The first kappa shape index (κ1) is 17.9. The number of benzene rings is 1. The van der Waals surface area contributed by atoms with Crippen molar-refractivity contribution < 1.29 is 24.5 Å². The van der Waals surface area contributed by atoms with Crippen LogP contribution in [0.1, 0.15) is 61.0 Å². The summed E-state index contributed by atoms with van der Waals surface area (Å²) in [5.74, 6) is -1.56. The summed E-state index contributed by atoms with van der Waals surface area (Å²) >= 11 is 0. The minimum absolute atomic E-state index is 0.0634. The van der Waals surface area contributed by atoms with Crippen molar-refractivity contribution >= 4 is 11.8 Å². The number of phenols is 1. The van der Waals surface area contributed by atoms with E-state index in [2.05, 4.69) is 13.8 Å². The molecule has 3 rings (SSSR count). The van der Waals surface area contributed by atoms with Crippen molar-refractivity contribution in [3.63, 3.8) is 0 Å². The van der Waals surface area contributed by atoms with Gasteiger partial charge in [-0.05, 0) is 54.7 Å². The summed E-state index contributed by atoms with van der Waals surface area (Å²) in [5.41, 5.74) is -1.58. The zero-order valence-corrected chi connectivity index (χ0v) is 15.4. The van der Waals surface area contributed by atoms with Crippen LogP contribution in [0, 0.1) is 24.2 Å². The van der Waals surface area contributed by atoms with E-state index in [0.717, 1.165) is 17.5 Å². The maximum Gasteiger partial charge on any atom is 0.346 e. The van der Waals surface area contributed by atoms with E-state index in [0.29, 0.717) is 12.3 Å². The highest BCUT2D eigenvalue weighted by molar-refractivity contribution is 6.19. The summed E-state index contributed by atoms with van der Waals surface area (Å²) < 4.78 is 4.82. The molecule has 5 heteroatoms. The molecule has 136 valence electrons. The fourth-order valence-corrected chi connectivity index (χ4v) is 5.16. The van der Waals surface area contributed by atoms with E-state index in [9.17, 15) is 19.8 Å². The van der Waals surface area contributed by atoms with Crippen molar-refractivity contribution in [2.45, 2.75) is 52.1 Å². The summed E-state index contributed by atoms with van der Waals surface area (Å²) in [6, 6.07) is 3.41. The Labute approximate surface area is 148 Å². The van der Waals surface area contributed by atoms with Gasteiger partial charge in [0, 0.05) is 5.41 Å². The molecule has 0 radical (unpaired) electrons. The molecule has 1 saturated carbocycles. The van der Waals surface area contributed by atoms with Crippen molar-refractivity contribution in [3.8, 4) is 5.75 Å². The first-order chi connectivity index (χ1) is 11.6. The van der Waals surface area contributed by atoms with Crippen LogP contribution < -0.4 is 0 Å². The summed E-state index contributed by atoms with van der Waals surface area (Å²) in [7, 11) is 1.17. The van der Waals surface area contributed by atoms with Crippen LogP contribution >= 0.6 is 0 Å². The lowest BCUT2D eigenvalue weighted by atomic mass is 9.55. The predicted octanol–water partition coefficient (Wildman–Crippen LogP) is 2.96. The average molecular weight is 346 g/mol. The zero-order chi connectivity index (χ0) is 18.7. The van der Waals surface area contributed by atoms with Crippen LogP contribution in [-0.2, 0) is 9.53 Å². The summed E-state index contributed by atoms with van der Waals surface area (Å²) in [5, 5.41) is 21.8. The number of hydrogen-bond acceptors (Lipinski definition) is 5. The molecule has 2 N–H and O–H groups in total. The van der Waals surface area contributed by atoms with Crippen molar-refractivity contribution in [1.29, 1.82) is 0 Å². The molecule has 4 atom stereocenters. The molecule has 25 heavy (non-hydrogen) atoms. The maximum atomic E-state index is 13.2. The van der Waals surface area contributed by atoms with Gasteiger partial charge in [0.1, 0.15) is 5.75 Å². The summed E-state index contributed by atoms with van der Waals surface area (Å²) in [6.07, 6.45) is 1.35. The van der Waals surface area contributed by atoms with Crippen molar-refractivity contribution in [2.24, 2.45) is 17.3 Å². The number of rotatable bonds is 2. The van der Waals surface area contributed by atoms with Crippen LogP contribution in [0.4, 0.5) is 0 Å². The van der Waals surface area contributed by atoms with Gasteiger partial charge in [0.2, 0.25) is 11.4 Å². The number of hydrogen-bond donors (Lipinski definition) is 2. The minimum atomic E-state index is -2.28. The second-order valence-electron chi connectivity index (χ2n) is 8.12. The van der Waals surface area contributed by atoms with Gasteiger partial charge in [-0.2, -0.15) is 0 Å². The molecule has 0 aliphatic heterocycles. The number of carbonyl (C=O) groups is 2. The molecule has 2 aliphatic carbocycles. The highest BCUT2D eigenvalue weighted by atomic mass is 16.5. The fraction of sp³-hybridized carbons (Fsp3) is 0.600. The number of carbonyl (C=O) groups excluding carboxylic acids is 2. The molecule has 0 spiro atoms. The Kier molecular flexibility index (Phi) is 3.99. The largest absolute Gasteiger partial charge is 0.507 e. The number of fused-ring (bicyclic) bond motifs is 3. The number of aryl methyl sites for hydroxylation is 1. The average Bonchev–Trinajstić information content (AvgIpc) is 2.90. The van der Waals surface area contributed by atoms with E-state index < -0.39 is 22.8 Å². The van der Waals surface area contributed by atoms with Gasteiger partial charge < -0.3 is 14.9 Å². The minimum Gasteiger partial charge on any atom is -0.507 e. The van der Waals surface area contributed by atoms with Gasteiger partial charge in [-0.25, -0.2) is 4.79 Å². The zero-order valence-electron chi connectivity index (χ0n) is 15.4. The van der Waals surface area contributed by atoms with Crippen LogP contribution in [-0.4, -0.2) is 34.7 Å². The van der Waals surface area contributed by atoms with E-state index in [1.54, 1.807) is 6.92 Å². The molecule has 0 heterocycles. The molecular weight excluding hydrogens is 320 g/mol. The van der Waals surface area contributed by atoms with Crippen LogP contribution in [0.3, 0.4) is 0 Å². The standard InChI is InChI=1S/C20H26O5/c1-10(2)12-6-7-19(4)16(12)13-8-11(3)9-14(21)15(13)17(22)20(19,24)18(23)25-5/h8-10,12,16,21,24H,6-7H2,1-5H3/t12-,16-,19-,20-/m1/s1. The molecule has 0 saturated heterocycles. The normalized spacial score (nSPS) is 34.0. The molecule has 0 amide bonds. The second-order valence-corrected chi connectivity index (χ2v) is 8.12. The third-order valence-corrected chi connectivity index (χ3v) is 6.46. The fourth-order valence-electron chi connectivity index (χ4n) is 5.16. The second kappa shape index (κ2) is 5.56. The van der Waals surface area contributed by atoms with E-state index in [1.165, 1.54) is 13.2 Å². The number of esters is 1. The van der Waals surface area contributed by atoms with E-state index >= 15 is 0 Å². The molecule has 1 aromatic rings. The summed E-state index contributed by atoms with van der Waals surface area (Å²) in [6.45, 7) is 7.89. The third-order valence-electron chi connectivity index (χ3n) is 6.46. The van der Waals surface area contributed by atoms with Crippen LogP contribution in [0.25, 0.3) is 0 Å². The molecule has 5 nitrogen and oxygen atoms in total. The van der Waals surface area contributed by atoms with Gasteiger partial charge >= 0.3 is 5.97 Å². The Bertz CT molecular complexity index is 753. The lowest BCUT2D eigenvalue weighted by Crippen LogP contribution is -2.63. The molecule has 1 aromatic carbocycles. The van der Waals surface area contributed by atoms with Gasteiger partial charge in [-0.15, -0.1) is 0 Å². The Morgan fingerprint density at radius 3 is 2.56 bits per heavy atom. The highest BCUT2D eigenvalue weighted by Crippen LogP contribution is 2.64. The maximum absolute atomic E-state index is 13.2. The summed E-state index contributed by atoms with van der Waals surface area (Å²) in [4.78, 5) is 25.7. The number of ketones is 1. The van der Waals surface area contributed by atoms with Crippen LogP contribution in [0.15, 0.2) is 12.1 Å². The van der Waals surface area contributed by atoms with Crippen molar-refractivity contribution in [3.05, 3.63) is 28.8 Å². The van der Waals surface area contributed by atoms with Gasteiger partial charge in [-0.1, -0.05) is 26.8 Å². The Morgan fingerprint density at radius 1 is 1.36 bits per heavy atom. The Balaban J connectivity index is 2.36. The monoisotopic (exact) mass is 346 g/mol. The molecule has 0 bridgehead atoms. The SMILES string of the molecule is COC(=O)[C@]1(O)C(=O)c2c(O)cc(C)cc2[C@H]2[C@@H](C(C)C)CC[C@]21C. The van der Waals surface area contributed by atoms with E-state index in [1.807, 2.05) is 13.0 Å². The number of aliphatic hydroxyl groups is 1. The smallest absolute Gasteiger partial charge is 0.346 e. The number of Topliss-reactive ketones (excluding diaryl/α,β-unsaturated/α-hetero) is 1. The quantitative estimate of drug-likeness (QED) is 0.635. The predicted molar refractivity (Wildman–Crippen MR) is 92.6 cm³/mol. The highest BCUT2D eigenvalue weighted by Gasteiger charge is 2.69. The molecule has 0 unspecified atom stereocenters. The first-order valence-corrected chi connectivity index (χ1v) is 8.78. The number of aromatic hydroxyl groups is 1. The van der Waals surface area contributed by atoms with Crippen LogP contribution in [0.5, 0.6) is 5.75 Å². The lowest BCUT2D eigenvalue weighted by molar-refractivity contribution is -0.171. The molecule has 2 aliphatic rings. The third kappa shape index (κ3) is 2.11. The number of phenolic OH excluding ortho intramolecular Hbond substituents is 1. The first-order valence-electron chi connectivity index (χ1n) is 8.78. The van der Waals surface area contributed by atoms with E-state index in [-0.39, 0.29) is 23.1 Å². The number of methoxy groups -OCH3 is 1. The Morgan fingerprint density at radius 2 is 2.00 bits per heavy atom. The van der Waals surface area contributed by atoms with Crippen molar-refractivity contribution in [2.75, 3.05) is 7.11 Å². The van der Waals surface area contributed by atoms with Crippen LogP contribution in [0.2, 0.25) is 0 Å². The van der Waals surface area contributed by atoms with Gasteiger partial charge in [-0.3, -0.25) is 4.79 Å². The number of ether oxygens (including phenoxy) is 1. The van der Waals surface area contributed by atoms with Crippen molar-refractivity contribution in [1.82, 2.24) is 0 Å². The molecular formula is C20H26O5. The van der Waals surface area contributed by atoms with Gasteiger partial charge in [0.25, 0.3) is 0 Å². The molecule has 0 aromatic heterocycles. The van der Waals surface area contributed by atoms with Gasteiger partial charge in [0.15, 0.2) is 0 Å².